The fraction of sp³-hybridized carbons (Fsp3) is 0.700. The van der Waals surface area contributed by atoms with Crippen molar-refractivity contribution >= 4 is 35.9 Å². The van der Waals surface area contributed by atoms with Gasteiger partial charge in [0.25, 0.3) is 0 Å². The summed E-state index contributed by atoms with van der Waals surface area (Å²) in [6.45, 7) is 5.44. The van der Waals surface area contributed by atoms with E-state index in [0.717, 1.165) is 13.0 Å². The lowest BCUT2D eigenvalue weighted by molar-refractivity contribution is -0.163. The number of carboxylic acid groups (broad SMARTS) is 1. The SMILES string of the molecule is C[C@@H](O)[C@H]1C(=O)N2C(C(=O)O)=C(S[C@@H]3CN[C@H](C(=O)N[C@@H]4CCN(C=N)C4)C3)[C@H](C)[C@H]12. The molecule has 0 aromatic carbocycles. The van der Waals surface area contributed by atoms with Gasteiger partial charge in [-0.25, -0.2) is 4.79 Å². The van der Waals surface area contributed by atoms with Crippen molar-refractivity contribution in [1.82, 2.24) is 20.4 Å². The van der Waals surface area contributed by atoms with Crippen molar-refractivity contribution in [2.24, 2.45) is 11.8 Å². The molecule has 0 aliphatic carbocycles. The van der Waals surface area contributed by atoms with Crippen LogP contribution in [0, 0.1) is 17.2 Å². The summed E-state index contributed by atoms with van der Waals surface area (Å²) in [4.78, 5) is 40.9. The molecule has 4 aliphatic heterocycles. The normalized spacial score (nSPS) is 35.8. The van der Waals surface area contributed by atoms with E-state index < -0.39 is 18.0 Å². The number of thioether (sulfide) groups is 1. The van der Waals surface area contributed by atoms with Crippen LogP contribution in [-0.2, 0) is 14.4 Å². The van der Waals surface area contributed by atoms with E-state index in [1.165, 1.54) is 23.0 Å². The molecular weight excluding hydrogens is 422 g/mol. The van der Waals surface area contributed by atoms with Gasteiger partial charge >= 0.3 is 5.97 Å². The van der Waals surface area contributed by atoms with Gasteiger partial charge in [-0.1, -0.05) is 6.92 Å². The highest BCUT2D eigenvalue weighted by Gasteiger charge is 2.60. The number of hydrogen-bond acceptors (Lipinski definition) is 7. The number of amides is 2. The molecule has 4 rings (SSSR count). The third-order valence-electron chi connectivity index (χ3n) is 6.76. The van der Waals surface area contributed by atoms with Crippen molar-refractivity contribution in [3.63, 3.8) is 0 Å². The van der Waals surface area contributed by atoms with E-state index in [9.17, 15) is 24.6 Å². The molecule has 3 fully saturated rings. The summed E-state index contributed by atoms with van der Waals surface area (Å²) in [7, 11) is 0. The molecule has 0 aromatic heterocycles. The Bertz CT molecular complexity index is 833. The molecule has 3 saturated heterocycles. The third-order valence-corrected chi connectivity index (χ3v) is 8.27. The Morgan fingerprint density at radius 2 is 2.16 bits per heavy atom. The van der Waals surface area contributed by atoms with Crippen LogP contribution in [0.15, 0.2) is 10.6 Å². The minimum absolute atomic E-state index is 0.0167. The first-order chi connectivity index (χ1) is 14.7. The summed E-state index contributed by atoms with van der Waals surface area (Å²) in [6.07, 6.45) is 1.85. The number of carbonyl (C=O) groups excluding carboxylic acids is 2. The number of likely N-dealkylation sites (tertiary alicyclic amines) is 1. The fourth-order valence-electron chi connectivity index (χ4n) is 5.18. The minimum atomic E-state index is -1.13. The van der Waals surface area contributed by atoms with Crippen LogP contribution in [0.5, 0.6) is 0 Å². The van der Waals surface area contributed by atoms with Gasteiger partial charge in [0.2, 0.25) is 11.8 Å². The van der Waals surface area contributed by atoms with Gasteiger partial charge in [-0.3, -0.25) is 15.0 Å². The number of carbonyl (C=O) groups is 3. The maximum absolute atomic E-state index is 12.6. The van der Waals surface area contributed by atoms with E-state index in [1.54, 1.807) is 6.92 Å². The predicted molar refractivity (Wildman–Crippen MR) is 114 cm³/mol. The van der Waals surface area contributed by atoms with Crippen LogP contribution in [-0.4, -0.2) is 93.2 Å². The third kappa shape index (κ3) is 3.83. The lowest BCUT2D eigenvalue weighted by Crippen LogP contribution is -2.63. The zero-order chi connectivity index (χ0) is 22.4. The second kappa shape index (κ2) is 8.44. The molecule has 0 radical (unpaired) electrons. The Balaban J connectivity index is 1.39. The van der Waals surface area contributed by atoms with Crippen LogP contribution < -0.4 is 10.6 Å². The highest BCUT2D eigenvalue weighted by Crippen LogP contribution is 2.51. The van der Waals surface area contributed by atoms with Gasteiger partial charge in [-0.05, 0) is 19.8 Å². The fourth-order valence-corrected chi connectivity index (χ4v) is 6.65. The van der Waals surface area contributed by atoms with Crippen LogP contribution in [0.25, 0.3) is 0 Å². The predicted octanol–water partition coefficient (Wildman–Crippen LogP) is -0.599. The Labute approximate surface area is 184 Å². The molecule has 7 atom stereocenters. The van der Waals surface area contributed by atoms with Crippen molar-refractivity contribution in [3.8, 4) is 0 Å². The highest BCUT2D eigenvalue weighted by molar-refractivity contribution is 8.03. The number of rotatable bonds is 7. The van der Waals surface area contributed by atoms with E-state index in [0.29, 0.717) is 24.4 Å². The Hall–Kier alpha value is -2.11. The molecule has 10 nitrogen and oxygen atoms in total. The van der Waals surface area contributed by atoms with Crippen molar-refractivity contribution in [2.45, 2.75) is 56.2 Å². The number of nitrogens with zero attached hydrogens (tertiary/aromatic N) is 2. The molecule has 4 aliphatic rings. The van der Waals surface area contributed by atoms with Crippen LogP contribution in [0.3, 0.4) is 0 Å². The summed E-state index contributed by atoms with van der Waals surface area (Å²) < 4.78 is 0. The van der Waals surface area contributed by atoms with Gasteiger partial charge < -0.3 is 30.6 Å². The van der Waals surface area contributed by atoms with Crippen LogP contribution in [0.4, 0.5) is 0 Å². The molecule has 0 spiro atoms. The van der Waals surface area contributed by atoms with Crippen LogP contribution in [0.1, 0.15) is 26.7 Å². The zero-order valence-electron chi connectivity index (χ0n) is 17.6. The topological polar surface area (TPSA) is 146 Å². The Kier molecular flexibility index (Phi) is 6.01. The number of aliphatic hydroxyl groups excluding tert-OH is 1. The molecule has 5 N–H and O–H groups in total. The smallest absolute Gasteiger partial charge is 0.353 e. The molecule has 0 unspecified atom stereocenters. The number of fused-ring (bicyclic) bond motifs is 1. The van der Waals surface area contributed by atoms with Gasteiger partial charge in [0, 0.05) is 41.7 Å². The average Bonchev–Trinajstić information content (AvgIpc) is 3.40. The zero-order valence-corrected chi connectivity index (χ0v) is 18.4. The molecule has 4 heterocycles. The molecule has 0 bridgehead atoms. The second-order valence-corrected chi connectivity index (χ2v) is 10.2. The first-order valence-corrected chi connectivity index (χ1v) is 11.5. The lowest BCUT2D eigenvalue weighted by Gasteiger charge is -2.46. The van der Waals surface area contributed by atoms with E-state index in [4.69, 9.17) is 5.41 Å². The molecule has 2 amide bonds. The largest absolute Gasteiger partial charge is 0.477 e. The lowest BCUT2D eigenvalue weighted by atomic mass is 9.79. The molecule has 0 aromatic rings. The quantitative estimate of drug-likeness (QED) is 0.196. The maximum Gasteiger partial charge on any atom is 0.353 e. The monoisotopic (exact) mass is 451 g/mol. The van der Waals surface area contributed by atoms with E-state index in [1.807, 2.05) is 11.8 Å². The van der Waals surface area contributed by atoms with Gasteiger partial charge in [-0.15, -0.1) is 11.8 Å². The molecular formula is C20H29N5O5S. The van der Waals surface area contributed by atoms with E-state index in [2.05, 4.69) is 10.6 Å². The summed E-state index contributed by atoms with van der Waals surface area (Å²) in [6, 6.07) is -0.639. The number of nitrogens with one attached hydrogen (secondary N) is 3. The summed E-state index contributed by atoms with van der Waals surface area (Å²) >= 11 is 1.43. The molecule has 31 heavy (non-hydrogen) atoms. The summed E-state index contributed by atoms with van der Waals surface area (Å²) in [5.41, 5.74) is 0.0231. The Morgan fingerprint density at radius 3 is 2.77 bits per heavy atom. The number of hydrogen-bond donors (Lipinski definition) is 5. The molecule has 170 valence electrons. The van der Waals surface area contributed by atoms with Crippen molar-refractivity contribution in [1.29, 1.82) is 5.41 Å². The number of β-lactam (4-membered cyclic amide) rings is 1. The summed E-state index contributed by atoms with van der Waals surface area (Å²) in [5, 5.41) is 33.3. The average molecular weight is 452 g/mol. The van der Waals surface area contributed by atoms with Crippen LogP contribution in [0.2, 0.25) is 0 Å². The van der Waals surface area contributed by atoms with Crippen molar-refractivity contribution in [2.75, 3.05) is 19.6 Å². The van der Waals surface area contributed by atoms with Gasteiger partial charge in [0.15, 0.2) is 0 Å². The summed E-state index contributed by atoms with van der Waals surface area (Å²) in [5.74, 6) is -2.29. The first-order valence-electron chi connectivity index (χ1n) is 10.7. The Morgan fingerprint density at radius 1 is 1.42 bits per heavy atom. The second-order valence-electron chi connectivity index (χ2n) is 8.83. The molecule has 0 saturated carbocycles. The maximum atomic E-state index is 12.6. The number of aliphatic carboxylic acids is 1. The number of aliphatic hydroxyl groups is 1. The van der Waals surface area contributed by atoms with E-state index in [-0.39, 0.29) is 46.8 Å². The van der Waals surface area contributed by atoms with Gasteiger partial charge in [0.05, 0.1) is 30.4 Å². The standard InChI is InChI=1S/C20H29N5O5S/c1-9-15-14(10(2)26)19(28)25(15)16(20(29)30)17(9)31-12-5-13(22-6-12)18(27)23-11-3-4-24(7-11)8-21/h8-15,21-22,26H,3-7H2,1-2H3,(H,23,27)(H,29,30)/t9-,10-,11-,12+,13+,14-,15-/m1/s1. The molecule has 11 heteroatoms. The first kappa shape index (κ1) is 22.1. The van der Waals surface area contributed by atoms with Crippen molar-refractivity contribution in [3.05, 3.63) is 10.6 Å². The minimum Gasteiger partial charge on any atom is -0.477 e. The van der Waals surface area contributed by atoms with Gasteiger partial charge in [-0.2, -0.15) is 0 Å². The van der Waals surface area contributed by atoms with Crippen LogP contribution >= 0.6 is 11.8 Å². The van der Waals surface area contributed by atoms with Crippen molar-refractivity contribution < 1.29 is 24.6 Å². The van der Waals surface area contributed by atoms with E-state index >= 15 is 0 Å². The number of carboxylic acids is 1. The highest BCUT2D eigenvalue weighted by atomic mass is 32.2. The van der Waals surface area contributed by atoms with Gasteiger partial charge in [0.1, 0.15) is 5.70 Å².